The van der Waals surface area contributed by atoms with Gasteiger partial charge in [0.25, 0.3) is 0 Å². The predicted octanol–water partition coefficient (Wildman–Crippen LogP) is 2.88. The Morgan fingerprint density at radius 3 is 2.58 bits per heavy atom. The maximum atomic E-state index is 6.27. The summed E-state index contributed by atoms with van der Waals surface area (Å²) in [5.74, 6) is 2.17. The summed E-state index contributed by atoms with van der Waals surface area (Å²) in [5, 5.41) is 4.29. The quantitative estimate of drug-likeness (QED) is 0.900. The molecular weight excluding hydrogens is 238 g/mol. The number of anilines is 1. The maximum absolute atomic E-state index is 6.27. The summed E-state index contributed by atoms with van der Waals surface area (Å²) in [6.45, 7) is 10.3. The van der Waals surface area contributed by atoms with Gasteiger partial charge in [0.15, 0.2) is 0 Å². The van der Waals surface area contributed by atoms with Gasteiger partial charge in [-0.3, -0.25) is 4.68 Å². The molecule has 0 amide bonds. The normalized spacial score (nSPS) is 11.4. The molecule has 5 nitrogen and oxygen atoms in total. The zero-order chi connectivity index (χ0) is 14.0. The van der Waals surface area contributed by atoms with Gasteiger partial charge in [-0.1, -0.05) is 20.8 Å². The van der Waals surface area contributed by atoms with Gasteiger partial charge in [0.05, 0.1) is 6.20 Å². The Morgan fingerprint density at radius 2 is 2.05 bits per heavy atom. The molecular formula is C14H23N5. The van der Waals surface area contributed by atoms with Crippen LogP contribution in [0, 0.1) is 0 Å². The van der Waals surface area contributed by atoms with E-state index in [-0.39, 0.29) is 0 Å². The lowest BCUT2D eigenvalue weighted by atomic mass is 10.2. The number of nitrogens with zero attached hydrogens (tertiary/aromatic N) is 4. The monoisotopic (exact) mass is 261 g/mol. The van der Waals surface area contributed by atoms with E-state index in [9.17, 15) is 0 Å². The number of hydrogen-bond donors (Lipinski definition) is 1. The van der Waals surface area contributed by atoms with E-state index in [2.05, 4.69) is 37.4 Å². The Labute approximate surface area is 114 Å². The lowest BCUT2D eigenvalue weighted by Gasteiger charge is -2.10. The first-order valence-electron chi connectivity index (χ1n) is 6.97. The van der Waals surface area contributed by atoms with Gasteiger partial charge in [0, 0.05) is 30.8 Å². The summed E-state index contributed by atoms with van der Waals surface area (Å²) in [7, 11) is 0. The van der Waals surface area contributed by atoms with Gasteiger partial charge in [-0.05, 0) is 13.3 Å². The molecule has 0 radical (unpaired) electrons. The first-order chi connectivity index (χ1) is 9.08. The van der Waals surface area contributed by atoms with Gasteiger partial charge < -0.3 is 10.3 Å². The third kappa shape index (κ3) is 2.50. The molecule has 0 saturated carbocycles. The van der Waals surface area contributed by atoms with Gasteiger partial charge in [-0.25, -0.2) is 4.98 Å². The highest BCUT2D eigenvalue weighted by atomic mass is 15.3. The second-order valence-electron chi connectivity index (χ2n) is 5.09. The molecule has 0 atom stereocenters. The number of aryl methyl sites for hydroxylation is 1. The fourth-order valence-corrected chi connectivity index (χ4v) is 2.25. The van der Waals surface area contributed by atoms with Crippen molar-refractivity contribution >= 4 is 5.82 Å². The number of rotatable bonds is 5. The third-order valence-corrected chi connectivity index (χ3v) is 3.23. The topological polar surface area (TPSA) is 61.7 Å². The van der Waals surface area contributed by atoms with Crippen molar-refractivity contribution in [2.45, 2.75) is 53.1 Å². The number of hydrogen-bond acceptors (Lipinski definition) is 3. The Morgan fingerprint density at radius 1 is 1.32 bits per heavy atom. The van der Waals surface area contributed by atoms with Crippen LogP contribution in [0.3, 0.4) is 0 Å². The first kappa shape index (κ1) is 13.6. The van der Waals surface area contributed by atoms with Crippen LogP contribution in [-0.2, 0) is 13.1 Å². The van der Waals surface area contributed by atoms with Crippen LogP contribution >= 0.6 is 0 Å². The minimum absolute atomic E-state index is 0.365. The van der Waals surface area contributed by atoms with Gasteiger partial charge in [-0.2, -0.15) is 5.10 Å². The van der Waals surface area contributed by atoms with Gasteiger partial charge in [0.1, 0.15) is 17.3 Å². The largest absolute Gasteiger partial charge is 0.383 e. The molecule has 0 bridgehead atoms. The van der Waals surface area contributed by atoms with Crippen LogP contribution in [0.25, 0.3) is 11.3 Å². The van der Waals surface area contributed by atoms with Gasteiger partial charge in [0.2, 0.25) is 0 Å². The van der Waals surface area contributed by atoms with Crippen molar-refractivity contribution in [1.82, 2.24) is 19.3 Å². The lowest BCUT2D eigenvalue weighted by Crippen LogP contribution is -2.08. The summed E-state index contributed by atoms with van der Waals surface area (Å²) < 4.78 is 4.02. The Kier molecular flexibility index (Phi) is 3.93. The van der Waals surface area contributed by atoms with E-state index >= 15 is 0 Å². The van der Waals surface area contributed by atoms with Crippen molar-refractivity contribution in [3.63, 3.8) is 0 Å². The first-order valence-corrected chi connectivity index (χ1v) is 6.97. The summed E-state index contributed by atoms with van der Waals surface area (Å²) in [6, 6.07) is 0. The molecule has 2 rings (SSSR count). The SMILES string of the molecule is CCCn1c(C(C)C)nc(-c2cnn(CC)c2)c1N. The average Bonchev–Trinajstić information content (AvgIpc) is 2.96. The van der Waals surface area contributed by atoms with Crippen LogP contribution in [-0.4, -0.2) is 19.3 Å². The molecule has 19 heavy (non-hydrogen) atoms. The molecule has 0 fully saturated rings. The van der Waals surface area contributed by atoms with E-state index in [1.807, 2.05) is 17.1 Å². The summed E-state index contributed by atoms with van der Waals surface area (Å²) in [4.78, 5) is 4.73. The van der Waals surface area contributed by atoms with Crippen molar-refractivity contribution in [1.29, 1.82) is 0 Å². The second kappa shape index (κ2) is 5.47. The molecule has 0 aromatic carbocycles. The summed E-state index contributed by atoms with van der Waals surface area (Å²) in [6.07, 6.45) is 4.88. The predicted molar refractivity (Wildman–Crippen MR) is 77.9 cm³/mol. The minimum atomic E-state index is 0.365. The number of nitrogens with two attached hydrogens (primary N) is 1. The standard InChI is InChI=1S/C14H23N5/c1-5-7-19-13(15)12(17-14(19)10(3)4)11-8-16-18(6-2)9-11/h8-10H,5-7,15H2,1-4H3. The zero-order valence-electron chi connectivity index (χ0n) is 12.2. The molecule has 104 valence electrons. The van der Waals surface area contributed by atoms with E-state index in [0.717, 1.165) is 42.4 Å². The van der Waals surface area contributed by atoms with Crippen LogP contribution in [0.5, 0.6) is 0 Å². The molecule has 2 heterocycles. The van der Waals surface area contributed by atoms with Crippen LogP contribution in [0.15, 0.2) is 12.4 Å². The average molecular weight is 261 g/mol. The maximum Gasteiger partial charge on any atom is 0.131 e. The number of imidazole rings is 1. The van der Waals surface area contributed by atoms with Crippen LogP contribution in [0.4, 0.5) is 5.82 Å². The molecule has 0 aliphatic rings. The Bertz CT molecular complexity index is 550. The fourth-order valence-electron chi connectivity index (χ4n) is 2.25. The Hall–Kier alpha value is -1.78. The highest BCUT2D eigenvalue weighted by Gasteiger charge is 2.18. The Balaban J connectivity index is 2.48. The van der Waals surface area contributed by atoms with Crippen LogP contribution < -0.4 is 5.73 Å². The lowest BCUT2D eigenvalue weighted by molar-refractivity contribution is 0.616. The molecule has 0 spiro atoms. The van der Waals surface area contributed by atoms with Crippen molar-refractivity contribution in [3.8, 4) is 11.3 Å². The van der Waals surface area contributed by atoms with E-state index < -0.39 is 0 Å². The molecule has 2 N–H and O–H groups in total. The van der Waals surface area contributed by atoms with E-state index in [0.29, 0.717) is 5.92 Å². The van der Waals surface area contributed by atoms with Gasteiger partial charge >= 0.3 is 0 Å². The van der Waals surface area contributed by atoms with Crippen LogP contribution in [0.1, 0.15) is 45.9 Å². The summed E-state index contributed by atoms with van der Waals surface area (Å²) >= 11 is 0. The molecule has 0 unspecified atom stereocenters. The van der Waals surface area contributed by atoms with Crippen molar-refractivity contribution in [3.05, 3.63) is 18.2 Å². The number of aromatic nitrogens is 4. The van der Waals surface area contributed by atoms with Crippen LogP contribution in [0.2, 0.25) is 0 Å². The van der Waals surface area contributed by atoms with E-state index in [4.69, 9.17) is 10.7 Å². The highest BCUT2D eigenvalue weighted by molar-refractivity contribution is 5.70. The highest BCUT2D eigenvalue weighted by Crippen LogP contribution is 2.29. The van der Waals surface area contributed by atoms with Crippen molar-refractivity contribution in [2.24, 2.45) is 0 Å². The molecule has 0 aliphatic carbocycles. The molecule has 2 aromatic heterocycles. The van der Waals surface area contributed by atoms with E-state index in [1.54, 1.807) is 0 Å². The smallest absolute Gasteiger partial charge is 0.131 e. The molecule has 0 aliphatic heterocycles. The van der Waals surface area contributed by atoms with E-state index in [1.165, 1.54) is 0 Å². The third-order valence-electron chi connectivity index (χ3n) is 3.23. The zero-order valence-corrected chi connectivity index (χ0v) is 12.2. The van der Waals surface area contributed by atoms with Gasteiger partial charge in [-0.15, -0.1) is 0 Å². The molecule has 0 saturated heterocycles. The fraction of sp³-hybridized carbons (Fsp3) is 0.571. The number of nitrogen functional groups attached to an aromatic ring is 1. The van der Waals surface area contributed by atoms with Crippen molar-refractivity contribution in [2.75, 3.05) is 5.73 Å². The molecule has 5 heteroatoms. The molecule has 2 aromatic rings. The summed E-state index contributed by atoms with van der Waals surface area (Å²) in [5.41, 5.74) is 8.13. The van der Waals surface area contributed by atoms with Crippen molar-refractivity contribution < 1.29 is 0 Å². The minimum Gasteiger partial charge on any atom is -0.383 e. The second-order valence-corrected chi connectivity index (χ2v) is 5.09.